The van der Waals surface area contributed by atoms with Crippen molar-refractivity contribution in [2.75, 3.05) is 18.4 Å². The monoisotopic (exact) mass is 334 g/mol. The molecule has 1 saturated heterocycles. The third kappa shape index (κ3) is 2.91. The second kappa shape index (κ2) is 5.76. The van der Waals surface area contributed by atoms with Gasteiger partial charge in [-0.1, -0.05) is 22.0 Å². The van der Waals surface area contributed by atoms with Crippen LogP contribution in [0.3, 0.4) is 0 Å². The Kier molecular flexibility index (Phi) is 3.84. The highest BCUT2D eigenvalue weighted by atomic mass is 79.9. The molecule has 1 unspecified atom stereocenters. The maximum Gasteiger partial charge on any atom is 0.275 e. The molecule has 3 rings (SSSR count). The van der Waals surface area contributed by atoms with Crippen molar-refractivity contribution in [2.45, 2.75) is 12.5 Å². The first kappa shape index (κ1) is 13.3. The van der Waals surface area contributed by atoms with E-state index >= 15 is 0 Å². The van der Waals surface area contributed by atoms with Crippen LogP contribution in [0.4, 0.5) is 5.69 Å². The summed E-state index contributed by atoms with van der Waals surface area (Å²) in [6.07, 6.45) is 4.61. The number of aromatic nitrogens is 2. The Hall–Kier alpha value is -1.66. The van der Waals surface area contributed by atoms with Crippen LogP contribution < -0.4 is 10.6 Å². The van der Waals surface area contributed by atoms with Crippen LogP contribution in [-0.4, -0.2) is 28.5 Å². The molecule has 2 aromatic rings. The lowest BCUT2D eigenvalue weighted by atomic mass is 10.2. The molecule has 0 radical (unpaired) electrons. The zero-order valence-electron chi connectivity index (χ0n) is 10.8. The van der Waals surface area contributed by atoms with Crippen LogP contribution in [0, 0.1) is 0 Å². The Morgan fingerprint density at radius 3 is 3.15 bits per heavy atom. The fraction of sp³-hybridized carbons (Fsp3) is 0.286. The molecule has 20 heavy (non-hydrogen) atoms. The summed E-state index contributed by atoms with van der Waals surface area (Å²) in [6.45, 7) is 1.95. The zero-order valence-corrected chi connectivity index (χ0v) is 12.4. The molecule has 1 aliphatic rings. The van der Waals surface area contributed by atoms with Gasteiger partial charge in [0.15, 0.2) is 0 Å². The summed E-state index contributed by atoms with van der Waals surface area (Å²) in [7, 11) is 0. The molecule has 5 nitrogen and oxygen atoms in total. The molecular formula is C14H15BrN4O. The lowest BCUT2D eigenvalue weighted by Crippen LogP contribution is -2.13. The second-order valence-corrected chi connectivity index (χ2v) is 5.73. The highest BCUT2D eigenvalue weighted by molar-refractivity contribution is 9.10. The van der Waals surface area contributed by atoms with Crippen molar-refractivity contribution in [2.24, 2.45) is 0 Å². The first-order valence-corrected chi connectivity index (χ1v) is 7.33. The third-order valence-electron chi connectivity index (χ3n) is 3.37. The smallest absolute Gasteiger partial charge is 0.275 e. The molecule has 104 valence electrons. The van der Waals surface area contributed by atoms with Crippen LogP contribution in [0.15, 0.2) is 41.3 Å². The minimum atomic E-state index is -0.187. The van der Waals surface area contributed by atoms with Gasteiger partial charge in [0.1, 0.15) is 5.69 Å². The molecule has 2 heterocycles. The van der Waals surface area contributed by atoms with Gasteiger partial charge in [-0.2, -0.15) is 0 Å². The van der Waals surface area contributed by atoms with Crippen molar-refractivity contribution in [3.63, 3.8) is 0 Å². The highest BCUT2D eigenvalue weighted by Gasteiger charge is 2.18. The molecule has 0 spiro atoms. The fourth-order valence-corrected chi connectivity index (χ4v) is 2.71. The lowest BCUT2D eigenvalue weighted by Gasteiger charge is -2.08. The molecule has 0 aliphatic carbocycles. The number of nitrogens with zero attached hydrogens (tertiary/aromatic N) is 2. The largest absolute Gasteiger partial charge is 0.332 e. The van der Waals surface area contributed by atoms with Gasteiger partial charge in [0, 0.05) is 28.9 Å². The van der Waals surface area contributed by atoms with Crippen LogP contribution >= 0.6 is 15.9 Å². The van der Waals surface area contributed by atoms with E-state index in [1.165, 1.54) is 0 Å². The minimum absolute atomic E-state index is 0.187. The summed E-state index contributed by atoms with van der Waals surface area (Å²) < 4.78 is 2.94. The number of carbonyl (C=O) groups excluding carboxylic acids is 1. The predicted molar refractivity (Wildman–Crippen MR) is 80.8 cm³/mol. The number of halogens is 1. The van der Waals surface area contributed by atoms with Crippen molar-refractivity contribution in [1.29, 1.82) is 0 Å². The SMILES string of the molecule is O=C(Nc1cccc(Br)c1)c1cn(C2CCNC2)cn1. The third-order valence-corrected chi connectivity index (χ3v) is 3.87. The molecule has 6 heteroatoms. The van der Waals surface area contributed by atoms with Crippen molar-refractivity contribution >= 4 is 27.5 Å². The molecule has 1 aromatic carbocycles. The minimum Gasteiger partial charge on any atom is -0.332 e. The molecule has 1 aromatic heterocycles. The maximum absolute atomic E-state index is 12.1. The Bertz CT molecular complexity index is 619. The molecule has 0 saturated carbocycles. The van der Waals surface area contributed by atoms with Crippen LogP contribution in [0.5, 0.6) is 0 Å². The van der Waals surface area contributed by atoms with Crippen molar-refractivity contribution in [1.82, 2.24) is 14.9 Å². The van der Waals surface area contributed by atoms with E-state index in [1.54, 1.807) is 6.33 Å². The van der Waals surface area contributed by atoms with Crippen LogP contribution in [0.2, 0.25) is 0 Å². The average molecular weight is 335 g/mol. The van der Waals surface area contributed by atoms with Gasteiger partial charge < -0.3 is 15.2 Å². The van der Waals surface area contributed by atoms with Crippen LogP contribution in [-0.2, 0) is 0 Å². The number of hydrogen-bond donors (Lipinski definition) is 2. The van der Waals surface area contributed by atoms with Crippen LogP contribution in [0.25, 0.3) is 0 Å². The van der Waals surface area contributed by atoms with Gasteiger partial charge in [0.25, 0.3) is 5.91 Å². The number of anilines is 1. The first-order chi connectivity index (χ1) is 9.72. The van der Waals surface area contributed by atoms with E-state index in [1.807, 2.05) is 35.0 Å². The summed E-state index contributed by atoms with van der Waals surface area (Å²) in [5.74, 6) is -0.187. The maximum atomic E-state index is 12.1. The number of carbonyl (C=O) groups is 1. The Morgan fingerprint density at radius 2 is 2.40 bits per heavy atom. The van der Waals surface area contributed by atoms with E-state index < -0.39 is 0 Å². The first-order valence-electron chi connectivity index (χ1n) is 6.53. The van der Waals surface area contributed by atoms with E-state index in [0.717, 1.165) is 29.7 Å². The lowest BCUT2D eigenvalue weighted by molar-refractivity contribution is 0.102. The quantitative estimate of drug-likeness (QED) is 0.906. The highest BCUT2D eigenvalue weighted by Crippen LogP contribution is 2.18. The van der Waals surface area contributed by atoms with Gasteiger partial charge in [-0.15, -0.1) is 0 Å². The number of nitrogens with one attached hydrogen (secondary N) is 2. The average Bonchev–Trinajstić information content (AvgIpc) is 3.10. The Balaban J connectivity index is 1.71. The molecule has 1 atom stereocenters. The molecular weight excluding hydrogens is 320 g/mol. The predicted octanol–water partition coefficient (Wildman–Crippen LogP) is 2.43. The van der Waals surface area contributed by atoms with Gasteiger partial charge in [0.2, 0.25) is 0 Å². The van der Waals surface area contributed by atoms with E-state index in [-0.39, 0.29) is 5.91 Å². The summed E-state index contributed by atoms with van der Waals surface area (Å²) in [5.41, 5.74) is 1.19. The summed E-state index contributed by atoms with van der Waals surface area (Å²) >= 11 is 3.38. The van der Waals surface area contributed by atoms with Crippen molar-refractivity contribution < 1.29 is 4.79 Å². The number of hydrogen-bond acceptors (Lipinski definition) is 3. The van der Waals surface area contributed by atoms with Gasteiger partial charge in [-0.3, -0.25) is 4.79 Å². The number of imidazole rings is 1. The van der Waals surface area contributed by atoms with Crippen molar-refractivity contribution in [3.05, 3.63) is 47.0 Å². The normalized spacial score (nSPS) is 18.1. The fourth-order valence-electron chi connectivity index (χ4n) is 2.31. The molecule has 1 amide bonds. The molecule has 1 aliphatic heterocycles. The summed E-state index contributed by atoms with van der Waals surface area (Å²) in [5, 5.41) is 6.14. The van der Waals surface area contributed by atoms with Crippen molar-refractivity contribution in [3.8, 4) is 0 Å². The van der Waals surface area contributed by atoms with E-state index in [2.05, 4.69) is 31.5 Å². The second-order valence-electron chi connectivity index (χ2n) is 4.82. The molecule has 1 fully saturated rings. The topological polar surface area (TPSA) is 59.0 Å². The van der Waals surface area contributed by atoms with Crippen LogP contribution in [0.1, 0.15) is 23.0 Å². The van der Waals surface area contributed by atoms with E-state index in [0.29, 0.717) is 11.7 Å². The van der Waals surface area contributed by atoms with E-state index in [4.69, 9.17) is 0 Å². The van der Waals surface area contributed by atoms with Gasteiger partial charge in [0.05, 0.1) is 6.33 Å². The van der Waals surface area contributed by atoms with E-state index in [9.17, 15) is 4.79 Å². The number of amides is 1. The van der Waals surface area contributed by atoms with Gasteiger partial charge >= 0.3 is 0 Å². The standard InChI is InChI=1S/C14H15BrN4O/c15-10-2-1-3-11(6-10)18-14(20)13-8-19(9-17-13)12-4-5-16-7-12/h1-3,6,8-9,12,16H,4-5,7H2,(H,18,20). The van der Waals surface area contributed by atoms with Gasteiger partial charge in [-0.25, -0.2) is 4.98 Å². The molecule has 2 N–H and O–H groups in total. The molecule has 0 bridgehead atoms. The summed E-state index contributed by atoms with van der Waals surface area (Å²) in [4.78, 5) is 16.3. The Labute approximate surface area is 125 Å². The Morgan fingerprint density at radius 1 is 1.50 bits per heavy atom. The number of benzene rings is 1. The zero-order chi connectivity index (χ0) is 13.9. The van der Waals surface area contributed by atoms with Gasteiger partial charge in [-0.05, 0) is 31.2 Å². The summed E-state index contributed by atoms with van der Waals surface area (Å²) in [6, 6.07) is 7.89. The number of rotatable bonds is 3.